The van der Waals surface area contributed by atoms with Gasteiger partial charge in [-0.2, -0.15) is 0 Å². The first kappa shape index (κ1) is 75.6. The minimum Gasteiger partial charge on any atom is -0.412 e. The second-order valence-corrected chi connectivity index (χ2v) is 0.447. The van der Waals surface area contributed by atoms with Gasteiger partial charge in [-0.25, -0.2) is 0 Å². The predicted octanol–water partition coefficient (Wildman–Crippen LogP) is -4.60. The van der Waals surface area contributed by atoms with Crippen LogP contribution in [0.1, 0.15) is 0 Å². The molecule has 0 aromatic heterocycles. The monoisotopic (exact) mass is 546 g/mol. The summed E-state index contributed by atoms with van der Waals surface area (Å²) in [6.45, 7) is 0. The Bertz CT molecular complexity index is 74.6. The van der Waals surface area contributed by atoms with Crippen molar-refractivity contribution in [2.75, 3.05) is 0 Å². The molecule has 2 radical (unpaired) electrons. The van der Waals surface area contributed by atoms with Crippen molar-refractivity contribution in [2.45, 2.75) is 0 Å². The molecule has 0 saturated carbocycles. The Kier molecular flexibility index (Phi) is 310. The molecule has 0 saturated heterocycles. The van der Waals surface area contributed by atoms with Crippen LogP contribution in [-0.4, -0.2) is 37.6 Å². The average molecular weight is 549 g/mol. The van der Waals surface area contributed by atoms with Gasteiger partial charge in [-0.15, -0.1) is 0 Å². The van der Waals surface area contributed by atoms with Crippen molar-refractivity contribution in [3.05, 3.63) is 30.6 Å². The zero-order chi connectivity index (χ0) is 7.15. The second-order valence-electron chi connectivity index (χ2n) is 0.447. The van der Waals surface area contributed by atoms with Crippen molar-refractivity contribution >= 4 is 0 Å². The minimum absolute atomic E-state index is 0. The van der Waals surface area contributed by atoms with Gasteiger partial charge in [0.15, 0.2) is 0 Å². The summed E-state index contributed by atoms with van der Waals surface area (Å²) in [4.78, 5) is 16.5. The largest absolute Gasteiger partial charge is 3.00 e. The van der Waals surface area contributed by atoms with Gasteiger partial charge in [0.2, 0.25) is 0 Å². The molecule has 0 aliphatic heterocycles. The normalized spacial score (nSPS) is 3.20. The molecule has 10 N–H and O–H groups in total. The second kappa shape index (κ2) is 61.5. The van der Waals surface area contributed by atoms with Gasteiger partial charge >= 0.3 is 74.6 Å². The number of hydrogen-bond acceptors (Lipinski definition) is 6. The van der Waals surface area contributed by atoms with Gasteiger partial charge in [-0.1, -0.05) is 0 Å². The van der Waals surface area contributed by atoms with E-state index in [9.17, 15) is 0 Å². The van der Waals surface area contributed by atoms with Gasteiger partial charge in [-0.3, -0.25) is 0 Å². The van der Waals surface area contributed by atoms with E-state index in [-0.39, 0.29) is 102 Å². The maximum atomic E-state index is 8.25. The van der Waals surface area contributed by atoms with Crippen LogP contribution < -0.4 is 0 Å². The Morgan fingerprint density at radius 1 is 0.533 bits per heavy atom. The molecule has 0 fully saturated rings. The molecule has 0 aliphatic rings. The van der Waals surface area contributed by atoms with Crippen LogP contribution in [-0.2, 0) is 0 Å². The molecule has 0 aromatic rings. The fourth-order valence-electron chi connectivity index (χ4n) is 0. The molecular formula is H10Er2N2O11+4. The third-order valence-electron chi connectivity index (χ3n) is 0. The summed E-state index contributed by atoms with van der Waals surface area (Å²) in [5.74, 6) is 0. The summed E-state index contributed by atoms with van der Waals surface area (Å²) in [7, 11) is 0. The molecular weight excluding hydrogens is 539 g/mol. The predicted molar refractivity (Wildman–Crippen MR) is 38.8 cm³/mol. The van der Waals surface area contributed by atoms with Crippen molar-refractivity contribution in [1.82, 2.24) is 0 Å². The van der Waals surface area contributed by atoms with Crippen LogP contribution in [0.25, 0.3) is 0 Å². The Morgan fingerprint density at radius 2 is 0.533 bits per heavy atom. The molecule has 0 amide bonds. The fraction of sp³-hybridized carbons (Fsp3) is 0. The van der Waals surface area contributed by atoms with Crippen molar-refractivity contribution in [3.63, 3.8) is 0 Å². The Hall–Kier alpha value is 0.694. The third-order valence-corrected chi connectivity index (χ3v) is 0. The van der Waals surface area contributed by atoms with Crippen LogP contribution in [0, 0.1) is 105 Å². The fourth-order valence-corrected chi connectivity index (χ4v) is 0. The average Bonchev–Trinajstić information content (AvgIpc) is 1.25. The molecule has 106 valence electrons. The molecule has 0 atom stereocenters. The van der Waals surface area contributed by atoms with E-state index in [1.807, 2.05) is 0 Å². The van der Waals surface area contributed by atoms with Crippen LogP contribution in [0.4, 0.5) is 0 Å². The molecule has 0 heterocycles. The Morgan fingerprint density at radius 3 is 0.533 bits per heavy atom. The summed E-state index contributed by atoms with van der Waals surface area (Å²) >= 11 is 0. The molecule has 0 aliphatic carbocycles. The third kappa shape index (κ3) is 4920. The van der Waals surface area contributed by atoms with E-state index in [2.05, 4.69) is 0 Å². The van der Waals surface area contributed by atoms with Crippen molar-refractivity contribution in [2.24, 2.45) is 0 Å². The van der Waals surface area contributed by atoms with E-state index in [0.717, 1.165) is 0 Å². The van der Waals surface area contributed by atoms with E-state index in [0.29, 0.717) is 0 Å². The van der Waals surface area contributed by atoms with Crippen molar-refractivity contribution in [1.29, 1.82) is 0 Å². The summed E-state index contributed by atoms with van der Waals surface area (Å²) in [6, 6.07) is 0. The molecule has 0 spiro atoms. The van der Waals surface area contributed by atoms with E-state index >= 15 is 0 Å². The summed E-state index contributed by atoms with van der Waals surface area (Å²) < 4.78 is 0. The molecule has 15 heavy (non-hydrogen) atoms. The first-order chi connectivity index (χ1) is 3.46. The molecule has 0 bridgehead atoms. The van der Waals surface area contributed by atoms with Gasteiger partial charge in [0.1, 0.15) is 0 Å². The summed E-state index contributed by atoms with van der Waals surface area (Å²) in [6.07, 6.45) is 0. The van der Waals surface area contributed by atoms with Gasteiger partial charge < -0.3 is 58.0 Å². The maximum absolute atomic E-state index is 8.25. The molecule has 13 nitrogen and oxygen atoms in total. The molecule has 0 aromatic carbocycles. The van der Waals surface area contributed by atoms with Crippen LogP contribution in [0.2, 0.25) is 0 Å². The van der Waals surface area contributed by atoms with Crippen molar-refractivity contribution < 1.29 is 112 Å². The first-order valence-corrected chi connectivity index (χ1v) is 1.10. The molecule has 0 rings (SSSR count). The van der Waals surface area contributed by atoms with E-state index < -0.39 is 10.2 Å². The number of hydrogen-bond donors (Lipinski definition) is 0. The smallest absolute Gasteiger partial charge is 0.412 e. The van der Waals surface area contributed by atoms with Crippen LogP contribution in [0.3, 0.4) is 0 Å². The van der Waals surface area contributed by atoms with E-state index in [4.69, 9.17) is 30.6 Å². The summed E-state index contributed by atoms with van der Waals surface area (Å²) in [5.41, 5.74) is 0. The minimum atomic E-state index is -1.75. The molecule has 15 heteroatoms. The van der Waals surface area contributed by atoms with Crippen LogP contribution in [0.15, 0.2) is 0 Å². The van der Waals surface area contributed by atoms with E-state index in [1.54, 1.807) is 0 Å². The van der Waals surface area contributed by atoms with Gasteiger partial charge in [0.05, 0.1) is 10.2 Å². The van der Waals surface area contributed by atoms with Gasteiger partial charge in [0.25, 0.3) is 0 Å². The SMILES string of the molecule is O.O.O.O.O.O=[N+]([O-])[O-].O=[N+]([O-])[O-].[Er+3].[Er+3]. The standard InChI is InChI=1S/2Er.2NO3.5H2O/c;;2*2-1(3)4;;;;;/h;;;;5*1H2/q2*+3;2*-1;;;;;. The first-order valence-electron chi connectivity index (χ1n) is 1.10. The van der Waals surface area contributed by atoms with Gasteiger partial charge in [-0.05, 0) is 0 Å². The Labute approximate surface area is 141 Å². The maximum Gasteiger partial charge on any atom is 3.00 e. The van der Waals surface area contributed by atoms with Crippen LogP contribution in [0.5, 0.6) is 0 Å². The summed E-state index contributed by atoms with van der Waals surface area (Å²) in [5, 5.41) is 29.5. The van der Waals surface area contributed by atoms with Crippen molar-refractivity contribution in [3.8, 4) is 0 Å². The van der Waals surface area contributed by atoms with Gasteiger partial charge in [0, 0.05) is 0 Å². The Balaban J connectivity index is -0.00000000468. The zero-order valence-electron chi connectivity index (χ0n) is 6.42. The topological polar surface area (TPSA) is 290 Å². The molecule has 0 unspecified atom stereocenters. The quantitative estimate of drug-likeness (QED) is 0.212. The zero-order valence-corrected chi connectivity index (χ0v) is 10.1. The van der Waals surface area contributed by atoms with E-state index in [1.165, 1.54) is 0 Å². The number of rotatable bonds is 0. The van der Waals surface area contributed by atoms with Crippen LogP contribution >= 0.6 is 0 Å². The number of nitrogens with zero attached hydrogens (tertiary/aromatic N) is 2.